The van der Waals surface area contributed by atoms with Crippen LogP contribution in [0.1, 0.15) is 38.6 Å². The number of aryl methyl sites for hydroxylation is 3. The lowest BCUT2D eigenvalue weighted by molar-refractivity contribution is 0.413. The van der Waals surface area contributed by atoms with Gasteiger partial charge in [-0.2, -0.15) is 5.10 Å². The maximum Gasteiger partial charge on any atom is 0.0596 e. The van der Waals surface area contributed by atoms with Crippen molar-refractivity contribution in [3.8, 4) is 0 Å². The Morgan fingerprint density at radius 3 is 2.50 bits per heavy atom. The van der Waals surface area contributed by atoms with Crippen LogP contribution in [0.2, 0.25) is 0 Å². The molecular formula is C13H25N3. The van der Waals surface area contributed by atoms with Crippen LogP contribution in [0.15, 0.2) is 6.07 Å². The molecule has 0 saturated carbocycles. The van der Waals surface area contributed by atoms with E-state index in [4.69, 9.17) is 0 Å². The Morgan fingerprint density at radius 2 is 2.00 bits per heavy atom. The summed E-state index contributed by atoms with van der Waals surface area (Å²) in [5.74, 6) is 0.702. The number of hydrogen-bond donors (Lipinski definition) is 1. The first kappa shape index (κ1) is 13.2. The highest BCUT2D eigenvalue weighted by atomic mass is 15.3. The van der Waals surface area contributed by atoms with Gasteiger partial charge in [0.05, 0.1) is 5.69 Å². The van der Waals surface area contributed by atoms with Gasteiger partial charge in [-0.25, -0.2) is 0 Å². The van der Waals surface area contributed by atoms with Gasteiger partial charge in [0.15, 0.2) is 0 Å². The predicted octanol–water partition coefficient (Wildman–Crippen LogP) is 2.52. The van der Waals surface area contributed by atoms with Crippen LogP contribution in [0.4, 0.5) is 0 Å². The second kappa shape index (κ2) is 6.04. The summed E-state index contributed by atoms with van der Waals surface area (Å²) in [5.41, 5.74) is 2.37. The summed E-state index contributed by atoms with van der Waals surface area (Å²) in [6.07, 6.45) is 1.14. The van der Waals surface area contributed by atoms with Crippen molar-refractivity contribution in [2.45, 2.75) is 53.6 Å². The summed E-state index contributed by atoms with van der Waals surface area (Å²) in [4.78, 5) is 0. The first-order chi connectivity index (χ1) is 7.50. The van der Waals surface area contributed by atoms with Crippen LogP contribution < -0.4 is 5.32 Å². The van der Waals surface area contributed by atoms with Gasteiger partial charge in [0.25, 0.3) is 0 Å². The molecule has 0 amide bonds. The summed E-state index contributed by atoms with van der Waals surface area (Å²) in [7, 11) is 0. The van der Waals surface area contributed by atoms with Gasteiger partial charge >= 0.3 is 0 Å². The highest BCUT2D eigenvalue weighted by Gasteiger charge is 2.05. The zero-order valence-electron chi connectivity index (χ0n) is 11.2. The molecule has 0 bridgehead atoms. The van der Waals surface area contributed by atoms with E-state index in [-0.39, 0.29) is 0 Å². The molecular weight excluding hydrogens is 198 g/mol. The molecule has 0 spiro atoms. The van der Waals surface area contributed by atoms with Crippen LogP contribution in [0.3, 0.4) is 0 Å². The Bertz CT molecular complexity index is 315. The zero-order valence-corrected chi connectivity index (χ0v) is 11.2. The van der Waals surface area contributed by atoms with E-state index in [0.717, 1.165) is 25.2 Å². The monoisotopic (exact) mass is 223 g/mol. The van der Waals surface area contributed by atoms with Crippen molar-refractivity contribution < 1.29 is 0 Å². The molecule has 0 aliphatic rings. The zero-order chi connectivity index (χ0) is 12.1. The van der Waals surface area contributed by atoms with Crippen molar-refractivity contribution in [1.29, 1.82) is 0 Å². The second-order valence-corrected chi connectivity index (χ2v) is 4.99. The molecule has 1 rings (SSSR count). The number of aromatic nitrogens is 2. The average molecular weight is 223 g/mol. The fourth-order valence-corrected chi connectivity index (χ4v) is 1.70. The minimum atomic E-state index is 0.598. The molecule has 0 fully saturated rings. The topological polar surface area (TPSA) is 29.9 Å². The molecule has 3 heteroatoms. The van der Waals surface area contributed by atoms with E-state index in [1.165, 1.54) is 5.69 Å². The van der Waals surface area contributed by atoms with Crippen LogP contribution >= 0.6 is 0 Å². The van der Waals surface area contributed by atoms with Gasteiger partial charge in [-0.15, -0.1) is 0 Å². The Balaban J connectivity index is 2.23. The second-order valence-electron chi connectivity index (χ2n) is 4.99. The van der Waals surface area contributed by atoms with Crippen LogP contribution in [-0.2, 0) is 6.54 Å². The summed E-state index contributed by atoms with van der Waals surface area (Å²) < 4.78 is 2.09. The van der Waals surface area contributed by atoms with Crippen LogP contribution in [-0.4, -0.2) is 22.4 Å². The number of rotatable bonds is 6. The van der Waals surface area contributed by atoms with Crippen molar-refractivity contribution in [1.82, 2.24) is 15.1 Å². The first-order valence-electron chi connectivity index (χ1n) is 6.25. The lowest BCUT2D eigenvalue weighted by atomic mass is 10.1. The lowest BCUT2D eigenvalue weighted by Crippen LogP contribution is -2.32. The SMILES string of the molecule is Cc1cc(C)n(CCCNC(C)C(C)C)n1. The van der Waals surface area contributed by atoms with Gasteiger partial charge in [0.1, 0.15) is 0 Å². The molecule has 1 aromatic rings. The summed E-state index contributed by atoms with van der Waals surface area (Å²) in [6, 6.07) is 2.73. The molecule has 1 heterocycles. The van der Waals surface area contributed by atoms with Gasteiger partial charge in [-0.05, 0) is 45.7 Å². The maximum absolute atomic E-state index is 4.45. The van der Waals surface area contributed by atoms with Crippen molar-refractivity contribution in [3.05, 3.63) is 17.5 Å². The van der Waals surface area contributed by atoms with E-state index >= 15 is 0 Å². The summed E-state index contributed by atoms with van der Waals surface area (Å²) in [5, 5.41) is 7.99. The fourth-order valence-electron chi connectivity index (χ4n) is 1.70. The van der Waals surface area contributed by atoms with E-state index in [2.05, 4.69) is 48.9 Å². The number of nitrogens with zero attached hydrogens (tertiary/aromatic N) is 2. The minimum absolute atomic E-state index is 0.598. The summed E-state index contributed by atoms with van der Waals surface area (Å²) >= 11 is 0. The van der Waals surface area contributed by atoms with Crippen LogP contribution in [0, 0.1) is 19.8 Å². The van der Waals surface area contributed by atoms with Gasteiger partial charge in [0.2, 0.25) is 0 Å². The molecule has 1 N–H and O–H groups in total. The first-order valence-corrected chi connectivity index (χ1v) is 6.25. The van der Waals surface area contributed by atoms with E-state index in [1.54, 1.807) is 0 Å². The maximum atomic E-state index is 4.45. The average Bonchev–Trinajstić information content (AvgIpc) is 2.51. The summed E-state index contributed by atoms with van der Waals surface area (Å²) in [6.45, 7) is 13.0. The fraction of sp³-hybridized carbons (Fsp3) is 0.769. The molecule has 1 atom stereocenters. The van der Waals surface area contributed by atoms with Gasteiger partial charge < -0.3 is 5.32 Å². The number of nitrogens with one attached hydrogen (secondary N) is 1. The Kier molecular flexibility index (Phi) is 5.00. The van der Waals surface area contributed by atoms with Crippen molar-refractivity contribution in [2.75, 3.05) is 6.54 Å². The normalized spacial score (nSPS) is 13.4. The quantitative estimate of drug-likeness (QED) is 0.751. The molecule has 16 heavy (non-hydrogen) atoms. The Morgan fingerprint density at radius 1 is 1.31 bits per heavy atom. The molecule has 0 radical (unpaired) electrons. The standard InChI is InChI=1S/C13H25N3/c1-10(2)13(5)14-7-6-8-16-12(4)9-11(3)15-16/h9-10,13-14H,6-8H2,1-5H3. The van der Waals surface area contributed by atoms with Crippen molar-refractivity contribution in [3.63, 3.8) is 0 Å². The molecule has 0 aromatic carbocycles. The third kappa shape index (κ3) is 3.97. The van der Waals surface area contributed by atoms with Crippen molar-refractivity contribution in [2.24, 2.45) is 5.92 Å². The lowest BCUT2D eigenvalue weighted by Gasteiger charge is -2.17. The van der Waals surface area contributed by atoms with Gasteiger partial charge in [-0.3, -0.25) is 4.68 Å². The van der Waals surface area contributed by atoms with E-state index in [1.807, 2.05) is 6.92 Å². The van der Waals surface area contributed by atoms with Gasteiger partial charge in [0, 0.05) is 18.3 Å². The molecule has 1 unspecified atom stereocenters. The molecule has 1 aromatic heterocycles. The Labute approximate surface area is 99.2 Å². The number of hydrogen-bond acceptors (Lipinski definition) is 2. The van der Waals surface area contributed by atoms with Gasteiger partial charge in [-0.1, -0.05) is 13.8 Å². The van der Waals surface area contributed by atoms with Crippen molar-refractivity contribution >= 4 is 0 Å². The highest BCUT2D eigenvalue weighted by molar-refractivity contribution is 5.06. The van der Waals surface area contributed by atoms with E-state index in [0.29, 0.717) is 12.0 Å². The third-order valence-electron chi connectivity index (χ3n) is 3.12. The van der Waals surface area contributed by atoms with E-state index < -0.39 is 0 Å². The largest absolute Gasteiger partial charge is 0.314 e. The predicted molar refractivity (Wildman–Crippen MR) is 68.6 cm³/mol. The van der Waals surface area contributed by atoms with E-state index in [9.17, 15) is 0 Å². The highest BCUT2D eigenvalue weighted by Crippen LogP contribution is 2.03. The van der Waals surface area contributed by atoms with Crippen LogP contribution in [0.5, 0.6) is 0 Å². The third-order valence-corrected chi connectivity index (χ3v) is 3.12. The molecule has 0 saturated heterocycles. The molecule has 3 nitrogen and oxygen atoms in total. The Hall–Kier alpha value is -0.830. The molecule has 0 aliphatic heterocycles. The van der Waals surface area contributed by atoms with Crippen LogP contribution in [0.25, 0.3) is 0 Å². The minimum Gasteiger partial charge on any atom is -0.314 e. The molecule has 92 valence electrons. The molecule has 0 aliphatic carbocycles. The smallest absolute Gasteiger partial charge is 0.0596 e.